The van der Waals surface area contributed by atoms with E-state index in [1.807, 2.05) is 7.05 Å². The van der Waals surface area contributed by atoms with Crippen molar-refractivity contribution in [1.82, 2.24) is 25.4 Å². The summed E-state index contributed by atoms with van der Waals surface area (Å²) in [5.41, 5.74) is 0. The number of rotatable bonds is 6. The van der Waals surface area contributed by atoms with Crippen LogP contribution in [0.3, 0.4) is 0 Å². The fraction of sp³-hybridized carbons (Fsp3) is 0.667. The van der Waals surface area contributed by atoms with E-state index in [4.69, 9.17) is 0 Å². The van der Waals surface area contributed by atoms with Gasteiger partial charge in [-0.15, -0.1) is 0 Å². The molecule has 1 unspecified atom stereocenters. The number of nitrogens with one attached hydrogen (secondary N) is 2. The topological polar surface area (TPSA) is 71.8 Å². The van der Waals surface area contributed by atoms with Gasteiger partial charge in [-0.25, -0.2) is 9.67 Å². The molecule has 1 aromatic heterocycles. The first-order valence-electron chi connectivity index (χ1n) is 4.96. The van der Waals surface area contributed by atoms with Crippen LogP contribution < -0.4 is 10.6 Å². The molecule has 0 aliphatic heterocycles. The number of amides is 1. The van der Waals surface area contributed by atoms with Crippen LogP contribution in [0.2, 0.25) is 0 Å². The van der Waals surface area contributed by atoms with Gasteiger partial charge in [-0.2, -0.15) is 5.10 Å². The number of hydrogen-bond acceptors (Lipinski definition) is 4. The van der Waals surface area contributed by atoms with Crippen LogP contribution in [0.5, 0.6) is 0 Å². The molecule has 0 bridgehead atoms. The number of carbonyl (C=O) groups excluding carboxylic acids is 1. The number of hydrogen-bond donors (Lipinski definition) is 2. The average molecular weight is 211 g/mol. The van der Waals surface area contributed by atoms with Gasteiger partial charge in [0.25, 0.3) is 0 Å². The van der Waals surface area contributed by atoms with Crippen molar-refractivity contribution in [1.29, 1.82) is 0 Å². The van der Waals surface area contributed by atoms with Crippen LogP contribution in [-0.4, -0.2) is 40.8 Å². The van der Waals surface area contributed by atoms with Crippen LogP contribution >= 0.6 is 0 Å². The Bertz CT molecular complexity index is 285. The predicted octanol–water partition coefficient (Wildman–Crippen LogP) is -0.750. The molecule has 6 heteroatoms. The van der Waals surface area contributed by atoms with E-state index >= 15 is 0 Å². The highest BCUT2D eigenvalue weighted by Crippen LogP contribution is 1.89. The van der Waals surface area contributed by atoms with Crippen LogP contribution in [0.1, 0.15) is 6.92 Å². The lowest BCUT2D eigenvalue weighted by atomic mass is 10.2. The summed E-state index contributed by atoms with van der Waals surface area (Å²) >= 11 is 0. The van der Waals surface area contributed by atoms with Crippen molar-refractivity contribution in [2.75, 3.05) is 20.1 Å². The SMILES string of the molecule is CNCC(C)CNC(=O)Cn1cncn1. The molecule has 0 saturated heterocycles. The molecule has 0 aliphatic carbocycles. The van der Waals surface area contributed by atoms with E-state index in [1.54, 1.807) is 0 Å². The van der Waals surface area contributed by atoms with Crippen LogP contribution in [0.4, 0.5) is 0 Å². The molecule has 84 valence electrons. The highest BCUT2D eigenvalue weighted by Gasteiger charge is 2.05. The van der Waals surface area contributed by atoms with E-state index in [1.165, 1.54) is 17.3 Å². The third kappa shape index (κ3) is 4.55. The maximum Gasteiger partial charge on any atom is 0.241 e. The molecule has 15 heavy (non-hydrogen) atoms. The second-order valence-corrected chi connectivity index (χ2v) is 3.56. The Morgan fingerprint density at radius 2 is 2.33 bits per heavy atom. The van der Waals surface area contributed by atoms with Crippen molar-refractivity contribution in [3.63, 3.8) is 0 Å². The third-order valence-corrected chi connectivity index (χ3v) is 1.97. The lowest BCUT2D eigenvalue weighted by molar-refractivity contribution is -0.122. The van der Waals surface area contributed by atoms with E-state index < -0.39 is 0 Å². The molecular weight excluding hydrogens is 194 g/mol. The Kier molecular flexibility index (Phi) is 4.76. The Morgan fingerprint density at radius 3 is 2.93 bits per heavy atom. The summed E-state index contributed by atoms with van der Waals surface area (Å²) in [6.07, 6.45) is 2.94. The molecule has 0 aromatic carbocycles. The first kappa shape index (κ1) is 11.6. The lowest BCUT2D eigenvalue weighted by Gasteiger charge is -2.11. The Balaban J connectivity index is 2.19. The normalized spacial score (nSPS) is 12.4. The minimum atomic E-state index is -0.0385. The van der Waals surface area contributed by atoms with E-state index in [0.29, 0.717) is 12.5 Å². The first-order valence-corrected chi connectivity index (χ1v) is 4.96. The molecule has 0 radical (unpaired) electrons. The molecule has 1 aromatic rings. The van der Waals surface area contributed by atoms with Gasteiger partial charge in [0.15, 0.2) is 0 Å². The molecule has 1 amide bonds. The van der Waals surface area contributed by atoms with Crippen molar-refractivity contribution < 1.29 is 4.79 Å². The van der Waals surface area contributed by atoms with Crippen LogP contribution in [0.15, 0.2) is 12.7 Å². The zero-order valence-electron chi connectivity index (χ0n) is 9.10. The minimum absolute atomic E-state index is 0.0385. The van der Waals surface area contributed by atoms with Crippen molar-refractivity contribution in [3.8, 4) is 0 Å². The largest absolute Gasteiger partial charge is 0.354 e. The number of carbonyl (C=O) groups is 1. The fourth-order valence-corrected chi connectivity index (χ4v) is 1.23. The Labute approximate surface area is 89.1 Å². The molecule has 6 nitrogen and oxygen atoms in total. The van der Waals surface area contributed by atoms with Crippen LogP contribution in [-0.2, 0) is 11.3 Å². The van der Waals surface area contributed by atoms with Crippen molar-refractivity contribution in [2.24, 2.45) is 5.92 Å². The summed E-state index contributed by atoms with van der Waals surface area (Å²) in [5, 5.41) is 9.75. The van der Waals surface area contributed by atoms with Gasteiger partial charge >= 0.3 is 0 Å². The second-order valence-electron chi connectivity index (χ2n) is 3.56. The molecule has 1 atom stereocenters. The molecule has 0 spiro atoms. The number of aromatic nitrogens is 3. The molecule has 1 rings (SSSR count). The molecular formula is C9H17N5O. The highest BCUT2D eigenvalue weighted by atomic mass is 16.2. The van der Waals surface area contributed by atoms with E-state index in [-0.39, 0.29) is 12.5 Å². The highest BCUT2D eigenvalue weighted by molar-refractivity contribution is 5.75. The average Bonchev–Trinajstić information content (AvgIpc) is 2.68. The molecule has 0 aliphatic rings. The van der Waals surface area contributed by atoms with Gasteiger partial charge in [-0.05, 0) is 19.5 Å². The maximum absolute atomic E-state index is 11.4. The standard InChI is InChI=1S/C9H17N5O/c1-8(3-10-2)4-12-9(15)5-14-7-11-6-13-14/h6-8,10H,3-5H2,1-2H3,(H,12,15). The van der Waals surface area contributed by atoms with Gasteiger partial charge in [-0.3, -0.25) is 4.79 Å². The monoisotopic (exact) mass is 211 g/mol. The van der Waals surface area contributed by atoms with Gasteiger partial charge in [0, 0.05) is 6.54 Å². The second kappa shape index (κ2) is 6.13. The smallest absolute Gasteiger partial charge is 0.241 e. The Morgan fingerprint density at radius 1 is 1.53 bits per heavy atom. The van der Waals surface area contributed by atoms with Crippen molar-refractivity contribution >= 4 is 5.91 Å². The van der Waals surface area contributed by atoms with E-state index in [9.17, 15) is 4.79 Å². The van der Waals surface area contributed by atoms with Gasteiger partial charge in [0.1, 0.15) is 19.2 Å². The fourth-order valence-electron chi connectivity index (χ4n) is 1.23. The maximum atomic E-state index is 11.4. The lowest BCUT2D eigenvalue weighted by Crippen LogP contribution is -2.34. The molecule has 0 saturated carbocycles. The first-order chi connectivity index (χ1) is 7.22. The summed E-state index contributed by atoms with van der Waals surface area (Å²) in [6, 6.07) is 0. The quantitative estimate of drug-likeness (QED) is 0.649. The summed E-state index contributed by atoms with van der Waals surface area (Å²) in [6.45, 7) is 3.87. The summed E-state index contributed by atoms with van der Waals surface area (Å²) in [4.78, 5) is 15.2. The zero-order valence-corrected chi connectivity index (χ0v) is 9.10. The van der Waals surface area contributed by atoms with E-state index in [0.717, 1.165) is 6.54 Å². The zero-order chi connectivity index (χ0) is 11.1. The minimum Gasteiger partial charge on any atom is -0.354 e. The van der Waals surface area contributed by atoms with Gasteiger partial charge < -0.3 is 10.6 Å². The van der Waals surface area contributed by atoms with Crippen molar-refractivity contribution in [3.05, 3.63) is 12.7 Å². The third-order valence-electron chi connectivity index (χ3n) is 1.97. The molecule has 2 N–H and O–H groups in total. The Hall–Kier alpha value is -1.43. The van der Waals surface area contributed by atoms with Crippen molar-refractivity contribution in [2.45, 2.75) is 13.5 Å². The van der Waals surface area contributed by atoms with Crippen LogP contribution in [0.25, 0.3) is 0 Å². The van der Waals surface area contributed by atoms with Crippen LogP contribution in [0, 0.1) is 5.92 Å². The van der Waals surface area contributed by atoms with Gasteiger partial charge in [-0.1, -0.05) is 6.92 Å². The summed E-state index contributed by atoms with van der Waals surface area (Å²) in [7, 11) is 1.90. The summed E-state index contributed by atoms with van der Waals surface area (Å²) < 4.78 is 1.50. The predicted molar refractivity (Wildman–Crippen MR) is 56.1 cm³/mol. The van der Waals surface area contributed by atoms with Gasteiger partial charge in [0.2, 0.25) is 5.91 Å². The van der Waals surface area contributed by atoms with E-state index in [2.05, 4.69) is 27.6 Å². The molecule has 0 fully saturated rings. The summed E-state index contributed by atoms with van der Waals surface area (Å²) in [5.74, 6) is 0.387. The van der Waals surface area contributed by atoms with Gasteiger partial charge in [0.05, 0.1) is 0 Å². The molecule has 1 heterocycles. The number of nitrogens with zero attached hydrogens (tertiary/aromatic N) is 3.